The number of alkyl halides is 3. The SMILES string of the molecule is CCn1ccnc1[C@@H]1OCC[C@H]1C(=O)Nc1n[nH]c(C(F)(F)F)n1. The summed E-state index contributed by atoms with van der Waals surface area (Å²) < 4.78 is 44.9. The number of rotatable bonds is 4. The normalized spacial score (nSPS) is 21.2. The van der Waals surface area contributed by atoms with Crippen LogP contribution in [0.25, 0.3) is 0 Å². The van der Waals surface area contributed by atoms with Crippen molar-refractivity contribution >= 4 is 11.9 Å². The first-order valence-electron chi connectivity index (χ1n) is 7.33. The molecule has 2 aromatic heterocycles. The number of anilines is 1. The molecule has 3 heterocycles. The van der Waals surface area contributed by atoms with Crippen LogP contribution in [-0.2, 0) is 22.3 Å². The predicted molar refractivity (Wildman–Crippen MR) is 74.7 cm³/mol. The number of nitrogens with zero attached hydrogens (tertiary/aromatic N) is 4. The summed E-state index contributed by atoms with van der Waals surface area (Å²) in [6.07, 6.45) is -1.39. The summed E-state index contributed by atoms with van der Waals surface area (Å²) in [5.74, 6) is -2.15. The molecule has 24 heavy (non-hydrogen) atoms. The molecule has 0 radical (unpaired) electrons. The van der Waals surface area contributed by atoms with E-state index in [1.54, 1.807) is 17.5 Å². The summed E-state index contributed by atoms with van der Waals surface area (Å²) in [6.45, 7) is 2.96. The van der Waals surface area contributed by atoms with Gasteiger partial charge in [-0.2, -0.15) is 18.2 Å². The molecule has 0 bridgehead atoms. The fraction of sp³-hybridized carbons (Fsp3) is 0.538. The maximum Gasteiger partial charge on any atom is 0.451 e. The number of hydrogen-bond donors (Lipinski definition) is 2. The zero-order valence-corrected chi connectivity index (χ0v) is 12.7. The van der Waals surface area contributed by atoms with Crippen molar-refractivity contribution in [3.63, 3.8) is 0 Å². The van der Waals surface area contributed by atoms with Crippen LogP contribution >= 0.6 is 0 Å². The highest BCUT2D eigenvalue weighted by molar-refractivity contribution is 5.91. The van der Waals surface area contributed by atoms with Crippen molar-refractivity contribution in [1.29, 1.82) is 0 Å². The second-order valence-corrected chi connectivity index (χ2v) is 5.25. The number of nitrogens with one attached hydrogen (secondary N) is 2. The largest absolute Gasteiger partial charge is 0.451 e. The lowest BCUT2D eigenvalue weighted by Gasteiger charge is -2.17. The predicted octanol–water partition coefficient (Wildman–Crippen LogP) is 1.76. The van der Waals surface area contributed by atoms with E-state index in [0.717, 1.165) is 0 Å². The van der Waals surface area contributed by atoms with Crippen LogP contribution in [0, 0.1) is 5.92 Å². The smallest absolute Gasteiger partial charge is 0.369 e. The van der Waals surface area contributed by atoms with Gasteiger partial charge in [-0.25, -0.2) is 4.98 Å². The van der Waals surface area contributed by atoms with E-state index >= 15 is 0 Å². The van der Waals surface area contributed by atoms with Gasteiger partial charge in [0.1, 0.15) is 11.9 Å². The second kappa shape index (κ2) is 6.23. The highest BCUT2D eigenvalue weighted by Gasteiger charge is 2.39. The molecule has 1 fully saturated rings. The standard InChI is InChI=1S/C13H15F3N6O2/c1-2-22-5-4-17-9(22)8-7(3-6-24-8)10(23)18-12-19-11(20-21-12)13(14,15)16/h4-5,7-8H,2-3,6H2,1H3,(H2,18,19,20,21,23)/t7-,8-/m1/s1. The molecule has 0 unspecified atom stereocenters. The van der Waals surface area contributed by atoms with Gasteiger partial charge in [0.25, 0.3) is 0 Å². The van der Waals surface area contributed by atoms with Crippen molar-refractivity contribution in [2.45, 2.75) is 32.2 Å². The van der Waals surface area contributed by atoms with E-state index in [4.69, 9.17) is 4.74 Å². The van der Waals surface area contributed by atoms with Gasteiger partial charge >= 0.3 is 6.18 Å². The molecule has 2 aromatic rings. The molecule has 0 aliphatic carbocycles. The Balaban J connectivity index is 1.73. The molecule has 11 heteroatoms. The number of aromatic nitrogens is 5. The molecular weight excluding hydrogens is 329 g/mol. The highest BCUT2D eigenvalue weighted by atomic mass is 19.4. The Morgan fingerprint density at radius 3 is 3.00 bits per heavy atom. The quantitative estimate of drug-likeness (QED) is 0.881. The number of carbonyl (C=O) groups is 1. The molecule has 0 saturated carbocycles. The first-order chi connectivity index (χ1) is 11.4. The summed E-state index contributed by atoms with van der Waals surface area (Å²) in [7, 11) is 0. The van der Waals surface area contributed by atoms with Gasteiger partial charge in [0.15, 0.2) is 0 Å². The maximum atomic E-state index is 12.5. The molecular formula is C13H15F3N6O2. The minimum atomic E-state index is -4.65. The zero-order valence-electron chi connectivity index (χ0n) is 12.7. The lowest BCUT2D eigenvalue weighted by molar-refractivity contribution is -0.144. The molecule has 8 nitrogen and oxygen atoms in total. The van der Waals surface area contributed by atoms with Crippen LogP contribution in [0.5, 0.6) is 0 Å². The minimum absolute atomic E-state index is 0.362. The van der Waals surface area contributed by atoms with Crippen LogP contribution in [0.4, 0.5) is 19.1 Å². The number of H-pyrrole nitrogens is 1. The molecule has 1 amide bonds. The summed E-state index contributed by atoms with van der Waals surface area (Å²) in [4.78, 5) is 19.8. The zero-order chi connectivity index (χ0) is 17.3. The molecule has 130 valence electrons. The van der Waals surface area contributed by atoms with Crippen LogP contribution in [0.3, 0.4) is 0 Å². The lowest BCUT2D eigenvalue weighted by Crippen LogP contribution is -2.27. The van der Waals surface area contributed by atoms with Crippen LogP contribution in [0.1, 0.15) is 31.1 Å². The summed E-state index contributed by atoms with van der Waals surface area (Å²) in [5.41, 5.74) is 0. The van der Waals surface area contributed by atoms with E-state index in [0.29, 0.717) is 25.4 Å². The molecule has 1 saturated heterocycles. The number of carbonyl (C=O) groups excluding carboxylic acids is 1. The van der Waals surface area contributed by atoms with Gasteiger partial charge in [-0.05, 0) is 13.3 Å². The first kappa shape index (κ1) is 16.4. The molecule has 1 aliphatic rings. The third kappa shape index (κ3) is 3.11. The Bertz CT molecular complexity index is 725. The fourth-order valence-corrected chi connectivity index (χ4v) is 2.60. The molecule has 1 aliphatic heterocycles. The van der Waals surface area contributed by atoms with Crippen LogP contribution in [0.2, 0.25) is 0 Å². The number of ether oxygens (including phenoxy) is 1. The molecule has 2 atom stereocenters. The second-order valence-electron chi connectivity index (χ2n) is 5.25. The number of aromatic amines is 1. The fourth-order valence-electron chi connectivity index (χ4n) is 2.60. The summed E-state index contributed by atoms with van der Waals surface area (Å²) >= 11 is 0. The van der Waals surface area contributed by atoms with Crippen molar-refractivity contribution in [3.8, 4) is 0 Å². The van der Waals surface area contributed by atoms with Crippen molar-refractivity contribution in [2.24, 2.45) is 5.92 Å². The van der Waals surface area contributed by atoms with E-state index in [1.807, 2.05) is 11.5 Å². The van der Waals surface area contributed by atoms with Crippen molar-refractivity contribution < 1.29 is 22.7 Å². The maximum absolute atomic E-state index is 12.5. The average molecular weight is 344 g/mol. The minimum Gasteiger partial charge on any atom is -0.369 e. The Kier molecular flexibility index (Phi) is 4.26. The number of halogens is 3. The summed E-state index contributed by atoms with van der Waals surface area (Å²) in [6, 6.07) is 0. The highest BCUT2D eigenvalue weighted by Crippen LogP contribution is 2.34. The number of aryl methyl sites for hydroxylation is 1. The van der Waals surface area contributed by atoms with Gasteiger partial charge in [-0.1, -0.05) is 0 Å². The van der Waals surface area contributed by atoms with E-state index in [9.17, 15) is 18.0 Å². The third-order valence-electron chi connectivity index (χ3n) is 3.76. The topological polar surface area (TPSA) is 97.7 Å². The van der Waals surface area contributed by atoms with Gasteiger partial charge in [-0.3, -0.25) is 15.2 Å². The van der Waals surface area contributed by atoms with Crippen LogP contribution in [0.15, 0.2) is 12.4 Å². The van der Waals surface area contributed by atoms with Gasteiger partial charge in [0.05, 0.1) is 5.92 Å². The third-order valence-corrected chi connectivity index (χ3v) is 3.76. The summed E-state index contributed by atoms with van der Waals surface area (Å²) in [5, 5.41) is 7.41. The number of imidazole rings is 1. The van der Waals surface area contributed by atoms with Crippen LogP contribution < -0.4 is 5.32 Å². The van der Waals surface area contributed by atoms with Crippen molar-refractivity contribution in [3.05, 3.63) is 24.0 Å². The van der Waals surface area contributed by atoms with Gasteiger partial charge in [0, 0.05) is 25.5 Å². The molecule has 0 aromatic carbocycles. The molecule has 2 N–H and O–H groups in total. The van der Waals surface area contributed by atoms with E-state index in [2.05, 4.69) is 20.4 Å². The van der Waals surface area contributed by atoms with Gasteiger partial charge < -0.3 is 9.30 Å². The first-order valence-corrected chi connectivity index (χ1v) is 7.33. The van der Waals surface area contributed by atoms with Gasteiger partial charge in [0.2, 0.25) is 17.7 Å². The number of hydrogen-bond acceptors (Lipinski definition) is 5. The van der Waals surface area contributed by atoms with E-state index in [-0.39, 0.29) is 0 Å². The Morgan fingerprint density at radius 2 is 2.33 bits per heavy atom. The Morgan fingerprint density at radius 1 is 1.54 bits per heavy atom. The van der Waals surface area contributed by atoms with E-state index < -0.39 is 35.9 Å². The monoisotopic (exact) mass is 344 g/mol. The Hall–Kier alpha value is -2.43. The van der Waals surface area contributed by atoms with Crippen molar-refractivity contribution in [2.75, 3.05) is 11.9 Å². The van der Waals surface area contributed by atoms with Crippen LogP contribution in [-0.4, -0.2) is 37.2 Å². The van der Waals surface area contributed by atoms with Crippen molar-refractivity contribution in [1.82, 2.24) is 24.7 Å². The van der Waals surface area contributed by atoms with Gasteiger partial charge in [-0.15, -0.1) is 5.10 Å². The average Bonchev–Trinajstić information content (AvgIpc) is 3.25. The Labute approximate surface area is 134 Å². The molecule has 0 spiro atoms. The molecule has 3 rings (SSSR count). The number of amides is 1. The van der Waals surface area contributed by atoms with E-state index in [1.165, 1.54) is 0 Å². The lowest BCUT2D eigenvalue weighted by atomic mass is 10.00.